The van der Waals surface area contributed by atoms with Crippen LogP contribution in [0.2, 0.25) is 0 Å². The number of ether oxygens (including phenoxy) is 1. The molecule has 1 amide bonds. The summed E-state index contributed by atoms with van der Waals surface area (Å²) < 4.78 is 5.42. The maximum Gasteiger partial charge on any atom is 0.407 e. The predicted octanol–water partition coefficient (Wildman–Crippen LogP) is 5.50. The van der Waals surface area contributed by atoms with Crippen LogP contribution >= 0.6 is 0 Å². The molecule has 1 aromatic heterocycles. The van der Waals surface area contributed by atoms with Gasteiger partial charge < -0.3 is 25.5 Å². The standard InChI is InChI=1S/C28H37N3O4/c1-19-9-5-6-10-20(19)13-14-21(17-30-27(34)35-28(2,3)4)31-25(15-16-26(32)33)23-18-29-24-12-8-7-11-22(23)24/h5-12,18,21,25,29,31H,13-17H2,1-4H3,(H,30,34)(H,32,33)/t21?,25-/m0/s1. The van der Waals surface area contributed by atoms with E-state index in [1.807, 2.05) is 63.4 Å². The number of carboxylic acids is 1. The molecule has 2 atom stereocenters. The molecule has 4 N–H and O–H groups in total. The van der Waals surface area contributed by atoms with Crippen LogP contribution in [0, 0.1) is 6.92 Å². The summed E-state index contributed by atoms with van der Waals surface area (Å²) >= 11 is 0. The molecule has 0 aliphatic heterocycles. The summed E-state index contributed by atoms with van der Waals surface area (Å²) in [5, 5.41) is 17.0. The van der Waals surface area contributed by atoms with E-state index >= 15 is 0 Å². The lowest BCUT2D eigenvalue weighted by atomic mass is 9.97. The Hall–Kier alpha value is -3.32. The van der Waals surface area contributed by atoms with Gasteiger partial charge in [0.15, 0.2) is 0 Å². The molecule has 1 unspecified atom stereocenters. The summed E-state index contributed by atoms with van der Waals surface area (Å²) in [6.45, 7) is 7.96. The van der Waals surface area contributed by atoms with Crippen LogP contribution in [0.5, 0.6) is 0 Å². The molecule has 0 aliphatic carbocycles. The first kappa shape index (κ1) is 26.3. The van der Waals surface area contributed by atoms with Crippen molar-refractivity contribution in [2.75, 3.05) is 6.54 Å². The van der Waals surface area contributed by atoms with Crippen molar-refractivity contribution >= 4 is 23.0 Å². The first-order chi connectivity index (χ1) is 16.6. The molecule has 0 saturated heterocycles. The SMILES string of the molecule is Cc1ccccc1CCC(CNC(=O)OC(C)(C)C)N[C@@H](CCC(=O)O)c1c[nH]c2ccccc12. The minimum absolute atomic E-state index is 0.0428. The molecular weight excluding hydrogens is 442 g/mol. The van der Waals surface area contributed by atoms with Gasteiger partial charge in [-0.15, -0.1) is 0 Å². The van der Waals surface area contributed by atoms with Gasteiger partial charge >= 0.3 is 12.1 Å². The number of amides is 1. The number of aromatic nitrogens is 1. The zero-order valence-electron chi connectivity index (χ0n) is 21.1. The fourth-order valence-electron chi connectivity index (χ4n) is 4.25. The van der Waals surface area contributed by atoms with Crippen LogP contribution in [-0.4, -0.2) is 40.3 Å². The second-order valence-corrected chi connectivity index (χ2v) is 9.99. The van der Waals surface area contributed by atoms with Gasteiger partial charge in [0.05, 0.1) is 0 Å². The van der Waals surface area contributed by atoms with Crippen LogP contribution in [0.1, 0.15) is 62.8 Å². The lowest BCUT2D eigenvalue weighted by molar-refractivity contribution is -0.137. The molecule has 35 heavy (non-hydrogen) atoms. The van der Waals surface area contributed by atoms with Crippen molar-refractivity contribution < 1.29 is 19.4 Å². The maximum atomic E-state index is 12.4. The minimum Gasteiger partial charge on any atom is -0.481 e. The van der Waals surface area contributed by atoms with Crippen LogP contribution in [0.25, 0.3) is 10.9 Å². The van der Waals surface area contributed by atoms with Crippen LogP contribution in [0.4, 0.5) is 4.79 Å². The largest absolute Gasteiger partial charge is 0.481 e. The molecule has 188 valence electrons. The highest BCUT2D eigenvalue weighted by Gasteiger charge is 2.23. The molecule has 0 fully saturated rings. The fraction of sp³-hybridized carbons (Fsp3) is 0.429. The number of H-pyrrole nitrogens is 1. The third-order valence-corrected chi connectivity index (χ3v) is 6.00. The lowest BCUT2D eigenvalue weighted by Crippen LogP contribution is -2.44. The molecule has 0 bridgehead atoms. The number of carbonyl (C=O) groups excluding carboxylic acids is 1. The molecule has 0 spiro atoms. The maximum absolute atomic E-state index is 12.4. The first-order valence-corrected chi connectivity index (χ1v) is 12.2. The van der Waals surface area contributed by atoms with E-state index in [2.05, 4.69) is 34.7 Å². The number of rotatable bonds is 11. The highest BCUT2D eigenvalue weighted by Crippen LogP contribution is 2.28. The number of aliphatic carboxylic acids is 1. The number of hydrogen-bond acceptors (Lipinski definition) is 4. The molecule has 7 nitrogen and oxygen atoms in total. The van der Waals surface area contributed by atoms with Crippen molar-refractivity contribution in [3.63, 3.8) is 0 Å². The van der Waals surface area contributed by atoms with Gasteiger partial charge in [-0.3, -0.25) is 4.79 Å². The van der Waals surface area contributed by atoms with Crippen LogP contribution in [0.15, 0.2) is 54.7 Å². The first-order valence-electron chi connectivity index (χ1n) is 12.2. The summed E-state index contributed by atoms with van der Waals surface area (Å²) in [6.07, 6.45) is 3.57. The predicted molar refractivity (Wildman–Crippen MR) is 139 cm³/mol. The van der Waals surface area contributed by atoms with Crippen molar-refractivity contribution in [3.05, 3.63) is 71.4 Å². The third-order valence-electron chi connectivity index (χ3n) is 6.00. The zero-order chi connectivity index (χ0) is 25.4. The van der Waals surface area contributed by atoms with Crippen LogP contribution < -0.4 is 10.6 Å². The Bertz CT molecular complexity index is 1130. The Morgan fingerprint density at radius 1 is 1.06 bits per heavy atom. The monoisotopic (exact) mass is 479 g/mol. The smallest absolute Gasteiger partial charge is 0.407 e. The summed E-state index contributed by atoms with van der Waals surface area (Å²) in [6, 6.07) is 16.0. The molecule has 0 radical (unpaired) electrons. The number of aromatic amines is 1. The number of hydrogen-bond donors (Lipinski definition) is 4. The average Bonchev–Trinajstić information content (AvgIpc) is 3.22. The summed E-state index contributed by atoms with van der Waals surface area (Å²) in [4.78, 5) is 27.1. The number of fused-ring (bicyclic) bond motifs is 1. The van der Waals surface area contributed by atoms with Gasteiger partial charge in [-0.25, -0.2) is 4.79 Å². The topological polar surface area (TPSA) is 103 Å². The van der Waals surface area contributed by atoms with E-state index in [-0.39, 0.29) is 18.5 Å². The number of alkyl carbamates (subject to hydrolysis) is 1. The van der Waals surface area contributed by atoms with Crippen molar-refractivity contribution in [1.82, 2.24) is 15.6 Å². The van der Waals surface area contributed by atoms with Crippen molar-refractivity contribution in [2.45, 2.75) is 71.1 Å². The molecule has 3 rings (SSSR count). The van der Waals surface area contributed by atoms with Crippen molar-refractivity contribution in [3.8, 4) is 0 Å². The summed E-state index contributed by atoms with van der Waals surface area (Å²) in [5.41, 5.74) is 3.94. The molecule has 7 heteroatoms. The number of carbonyl (C=O) groups is 2. The van der Waals surface area contributed by atoms with E-state index < -0.39 is 17.7 Å². The average molecular weight is 480 g/mol. The second-order valence-electron chi connectivity index (χ2n) is 9.99. The number of nitrogens with one attached hydrogen (secondary N) is 3. The Balaban J connectivity index is 1.80. The fourth-order valence-corrected chi connectivity index (χ4v) is 4.25. The summed E-state index contributed by atoms with van der Waals surface area (Å²) in [7, 11) is 0. The van der Waals surface area contributed by atoms with Gasteiger partial charge in [0.25, 0.3) is 0 Å². The molecule has 0 saturated carbocycles. The van der Waals surface area contributed by atoms with E-state index in [4.69, 9.17) is 4.74 Å². The van der Waals surface area contributed by atoms with Gasteiger partial charge in [-0.2, -0.15) is 0 Å². The Morgan fingerprint density at radius 3 is 2.49 bits per heavy atom. The summed E-state index contributed by atoms with van der Waals surface area (Å²) in [5.74, 6) is -0.833. The number of benzene rings is 2. The molecule has 0 aliphatic rings. The number of aryl methyl sites for hydroxylation is 2. The van der Waals surface area contributed by atoms with E-state index in [0.717, 1.165) is 29.3 Å². The van der Waals surface area contributed by atoms with E-state index in [1.165, 1.54) is 11.1 Å². The third kappa shape index (κ3) is 8.14. The highest BCUT2D eigenvalue weighted by atomic mass is 16.6. The van der Waals surface area contributed by atoms with Crippen molar-refractivity contribution in [1.29, 1.82) is 0 Å². The van der Waals surface area contributed by atoms with Crippen molar-refractivity contribution in [2.24, 2.45) is 0 Å². The van der Waals surface area contributed by atoms with Gasteiger partial charge in [-0.05, 0) is 69.7 Å². The second kappa shape index (κ2) is 11.9. The quantitative estimate of drug-likeness (QED) is 0.291. The molecular formula is C28H37N3O4. The van der Waals surface area contributed by atoms with E-state index in [0.29, 0.717) is 13.0 Å². The van der Waals surface area contributed by atoms with Gasteiger partial charge in [0.2, 0.25) is 0 Å². The van der Waals surface area contributed by atoms with E-state index in [1.54, 1.807) is 0 Å². The Labute approximate surface area is 207 Å². The Morgan fingerprint density at radius 2 is 1.77 bits per heavy atom. The Kier molecular flexibility index (Phi) is 8.93. The van der Waals surface area contributed by atoms with Crippen LogP contribution in [-0.2, 0) is 16.0 Å². The van der Waals surface area contributed by atoms with Gasteiger partial charge in [0.1, 0.15) is 5.60 Å². The molecule has 2 aromatic carbocycles. The van der Waals surface area contributed by atoms with Gasteiger partial charge in [0, 0.05) is 42.1 Å². The molecule has 3 aromatic rings. The molecule has 1 heterocycles. The van der Waals surface area contributed by atoms with Gasteiger partial charge in [-0.1, -0.05) is 42.5 Å². The normalized spacial score (nSPS) is 13.4. The van der Waals surface area contributed by atoms with Crippen LogP contribution in [0.3, 0.4) is 0 Å². The highest BCUT2D eigenvalue weighted by molar-refractivity contribution is 5.83. The minimum atomic E-state index is -0.833. The number of carboxylic acid groups (broad SMARTS) is 1. The number of para-hydroxylation sites is 1. The lowest BCUT2D eigenvalue weighted by Gasteiger charge is -2.27. The zero-order valence-corrected chi connectivity index (χ0v) is 21.1. The van der Waals surface area contributed by atoms with E-state index in [9.17, 15) is 14.7 Å².